The molecular formula is C22H33NO3S. The van der Waals surface area contributed by atoms with E-state index in [4.69, 9.17) is 0 Å². The minimum atomic E-state index is -0.550. The molecule has 4 nitrogen and oxygen atoms in total. The second-order valence-electron chi connectivity index (χ2n) is 8.03. The fourth-order valence-electron chi connectivity index (χ4n) is 4.32. The Hall–Kier alpha value is -1.22. The average Bonchev–Trinajstić information content (AvgIpc) is 3.15. The molecule has 0 radical (unpaired) electrons. The molecule has 0 heterocycles. The number of carbonyl (C=O) groups excluding carboxylic acids is 1. The molecule has 0 aromatic carbocycles. The number of carbonyl (C=O) groups is 1. The van der Waals surface area contributed by atoms with Gasteiger partial charge in [0.05, 0.1) is 17.1 Å². The zero-order valence-corrected chi connectivity index (χ0v) is 17.9. The molecule has 0 unspecified atom stereocenters. The van der Waals surface area contributed by atoms with E-state index in [2.05, 4.69) is 11.8 Å². The van der Waals surface area contributed by atoms with Crippen molar-refractivity contribution >= 4 is 17.7 Å². The minimum Gasteiger partial charge on any atom is -0.392 e. The summed E-state index contributed by atoms with van der Waals surface area (Å²) in [5.74, 6) is 6.83. The number of aliphatic hydroxyl groups is 2. The van der Waals surface area contributed by atoms with E-state index in [1.54, 1.807) is 25.9 Å². The van der Waals surface area contributed by atoms with Gasteiger partial charge >= 0.3 is 0 Å². The first kappa shape index (κ1) is 22.1. The first-order chi connectivity index (χ1) is 12.8. The van der Waals surface area contributed by atoms with Crippen LogP contribution in [-0.2, 0) is 4.79 Å². The van der Waals surface area contributed by atoms with E-state index in [0.717, 1.165) is 24.2 Å². The number of allylic oxidation sites excluding steroid dienone is 1. The van der Waals surface area contributed by atoms with Crippen molar-refractivity contribution < 1.29 is 15.0 Å². The van der Waals surface area contributed by atoms with Gasteiger partial charge in [0, 0.05) is 26.4 Å². The van der Waals surface area contributed by atoms with Gasteiger partial charge in [0.25, 0.3) is 5.91 Å². The minimum absolute atomic E-state index is 0.0455. The van der Waals surface area contributed by atoms with E-state index in [-0.39, 0.29) is 23.8 Å². The summed E-state index contributed by atoms with van der Waals surface area (Å²) < 4.78 is 0. The number of likely N-dealkylation sites (N-methyl/N-ethyl adjacent to an activating group) is 1. The molecule has 0 spiro atoms. The van der Waals surface area contributed by atoms with Crippen molar-refractivity contribution in [1.29, 1.82) is 0 Å². The van der Waals surface area contributed by atoms with Crippen LogP contribution < -0.4 is 0 Å². The zero-order chi connectivity index (χ0) is 20.1. The molecule has 0 aromatic rings. The van der Waals surface area contributed by atoms with Crippen LogP contribution in [0.25, 0.3) is 0 Å². The highest BCUT2D eigenvalue weighted by Gasteiger charge is 2.46. The smallest absolute Gasteiger partial charge is 0.259 e. The van der Waals surface area contributed by atoms with E-state index in [1.165, 1.54) is 17.3 Å². The summed E-state index contributed by atoms with van der Waals surface area (Å²) in [5, 5.41) is 20.9. The average molecular weight is 392 g/mol. The lowest BCUT2D eigenvalue weighted by Gasteiger charge is -2.20. The number of amides is 1. The number of nitrogens with zero attached hydrogens (tertiary/aromatic N) is 1. The van der Waals surface area contributed by atoms with E-state index >= 15 is 0 Å². The van der Waals surface area contributed by atoms with Crippen molar-refractivity contribution in [3.8, 4) is 11.8 Å². The maximum absolute atomic E-state index is 12.4. The topological polar surface area (TPSA) is 60.8 Å². The lowest BCUT2D eigenvalue weighted by molar-refractivity contribution is -0.124. The predicted octanol–water partition coefficient (Wildman–Crippen LogP) is 3.07. The Morgan fingerprint density at radius 1 is 1.41 bits per heavy atom. The first-order valence-corrected chi connectivity index (χ1v) is 10.9. The molecule has 5 heteroatoms. The van der Waals surface area contributed by atoms with Crippen molar-refractivity contribution in [3.63, 3.8) is 0 Å². The summed E-state index contributed by atoms with van der Waals surface area (Å²) in [6.07, 6.45) is 8.08. The fourth-order valence-corrected chi connectivity index (χ4v) is 5.13. The number of hydrogen-bond acceptors (Lipinski definition) is 4. The SMILES string of the molecule is CC#CC[C@H](C)[C@H](O)/C=C/[C@@H]1[C@H]2C/C(=C(/SC)C(=O)N(C)C)C[C@H]2C[C@H]1O. The van der Waals surface area contributed by atoms with Gasteiger partial charge in [0.15, 0.2) is 0 Å². The normalized spacial score (nSPS) is 31.2. The van der Waals surface area contributed by atoms with Gasteiger partial charge in [0.1, 0.15) is 0 Å². The van der Waals surface area contributed by atoms with Gasteiger partial charge in [-0.1, -0.05) is 24.6 Å². The lowest BCUT2D eigenvalue weighted by Crippen LogP contribution is -2.23. The Morgan fingerprint density at radius 2 is 2.11 bits per heavy atom. The van der Waals surface area contributed by atoms with Crippen LogP contribution in [0.5, 0.6) is 0 Å². The highest BCUT2D eigenvalue weighted by atomic mass is 32.2. The molecule has 6 atom stereocenters. The highest BCUT2D eigenvalue weighted by molar-refractivity contribution is 8.03. The zero-order valence-electron chi connectivity index (χ0n) is 17.1. The molecule has 2 N–H and O–H groups in total. The molecule has 0 bridgehead atoms. The second kappa shape index (κ2) is 9.82. The van der Waals surface area contributed by atoms with Crippen molar-refractivity contribution in [2.24, 2.45) is 23.7 Å². The summed E-state index contributed by atoms with van der Waals surface area (Å²) in [5.41, 5.74) is 1.23. The molecule has 0 aliphatic heterocycles. The molecule has 2 fully saturated rings. The summed E-state index contributed by atoms with van der Waals surface area (Å²) in [6.45, 7) is 3.79. The van der Waals surface area contributed by atoms with Crippen molar-refractivity contribution in [1.82, 2.24) is 4.90 Å². The van der Waals surface area contributed by atoms with E-state index in [0.29, 0.717) is 18.3 Å². The van der Waals surface area contributed by atoms with Crippen molar-refractivity contribution in [3.05, 3.63) is 22.6 Å². The van der Waals surface area contributed by atoms with Crippen LogP contribution in [0.4, 0.5) is 0 Å². The van der Waals surface area contributed by atoms with Gasteiger partial charge < -0.3 is 15.1 Å². The molecule has 2 aliphatic carbocycles. The van der Waals surface area contributed by atoms with Crippen LogP contribution in [-0.4, -0.2) is 53.6 Å². The molecule has 1 amide bonds. The molecule has 27 heavy (non-hydrogen) atoms. The third kappa shape index (κ3) is 5.19. The molecule has 2 aliphatic rings. The van der Waals surface area contributed by atoms with Gasteiger partial charge in [-0.05, 0) is 50.2 Å². The monoisotopic (exact) mass is 391 g/mol. The quantitative estimate of drug-likeness (QED) is 0.415. The molecular weight excluding hydrogens is 358 g/mol. The highest BCUT2D eigenvalue weighted by Crippen LogP contribution is 2.52. The van der Waals surface area contributed by atoms with Crippen LogP contribution in [0.15, 0.2) is 22.6 Å². The van der Waals surface area contributed by atoms with Crippen molar-refractivity contribution in [2.75, 3.05) is 20.4 Å². The Kier molecular flexibility index (Phi) is 8.03. The van der Waals surface area contributed by atoms with Crippen LogP contribution in [0.1, 0.15) is 39.5 Å². The number of thioether (sulfide) groups is 1. The third-order valence-corrected chi connectivity index (χ3v) is 6.79. The van der Waals surface area contributed by atoms with Gasteiger partial charge in [-0.15, -0.1) is 23.6 Å². The second-order valence-corrected chi connectivity index (χ2v) is 8.85. The Morgan fingerprint density at radius 3 is 2.70 bits per heavy atom. The molecule has 2 rings (SSSR count). The fraction of sp³-hybridized carbons (Fsp3) is 0.682. The van der Waals surface area contributed by atoms with Crippen LogP contribution >= 0.6 is 11.8 Å². The van der Waals surface area contributed by atoms with E-state index in [9.17, 15) is 15.0 Å². The summed E-state index contributed by atoms with van der Waals surface area (Å²) in [6, 6.07) is 0. The standard InChI is InChI=1S/C22H33NO3S/c1-6-7-8-14(2)19(24)10-9-17-18-12-16(11-15(18)13-20(17)25)21(27-5)22(26)23(3)4/h9-10,14-15,17-20,24-25H,8,11-13H2,1-5H3/b10-9+,21-16+/t14-,15-,17+,18-,19+,20+/m0/s1. The summed E-state index contributed by atoms with van der Waals surface area (Å²) in [4.78, 5) is 14.9. The Bertz CT molecular complexity index is 658. The van der Waals surface area contributed by atoms with Gasteiger partial charge in [0.2, 0.25) is 0 Å². The maximum atomic E-state index is 12.4. The van der Waals surface area contributed by atoms with Gasteiger partial charge in [-0.3, -0.25) is 4.79 Å². The van der Waals surface area contributed by atoms with Crippen LogP contribution in [0.2, 0.25) is 0 Å². The van der Waals surface area contributed by atoms with Crippen LogP contribution in [0.3, 0.4) is 0 Å². The first-order valence-electron chi connectivity index (χ1n) is 9.71. The number of aliphatic hydroxyl groups excluding tert-OH is 2. The Labute approximate surface area is 168 Å². The van der Waals surface area contributed by atoms with Crippen molar-refractivity contribution in [2.45, 2.75) is 51.7 Å². The lowest BCUT2D eigenvalue weighted by atomic mass is 9.89. The van der Waals surface area contributed by atoms with E-state index < -0.39 is 6.10 Å². The van der Waals surface area contributed by atoms with Gasteiger partial charge in [-0.25, -0.2) is 0 Å². The maximum Gasteiger partial charge on any atom is 0.259 e. The molecule has 0 aromatic heterocycles. The molecule has 150 valence electrons. The number of fused-ring (bicyclic) bond motifs is 1. The Balaban J connectivity index is 2.11. The molecule has 0 saturated heterocycles. The predicted molar refractivity (Wildman–Crippen MR) is 112 cm³/mol. The molecule has 2 saturated carbocycles. The largest absolute Gasteiger partial charge is 0.392 e. The summed E-state index contributed by atoms with van der Waals surface area (Å²) in [7, 11) is 3.57. The number of rotatable bonds is 6. The van der Waals surface area contributed by atoms with Gasteiger partial charge in [-0.2, -0.15) is 0 Å². The summed E-state index contributed by atoms with van der Waals surface area (Å²) >= 11 is 1.53. The third-order valence-electron chi connectivity index (χ3n) is 5.92. The van der Waals surface area contributed by atoms with Crippen LogP contribution in [0, 0.1) is 35.5 Å². The number of hydrogen-bond donors (Lipinski definition) is 2. The van der Waals surface area contributed by atoms with E-state index in [1.807, 2.05) is 25.3 Å².